The fraction of sp³-hybridized carbons (Fsp3) is 0.435. The Bertz CT molecular complexity index is 1240. The molecule has 5 rings (SSSR count). The number of aromatic carboxylic acids is 1. The van der Waals surface area contributed by atoms with Crippen LogP contribution in [-0.2, 0) is 9.53 Å². The lowest BCUT2D eigenvalue weighted by molar-refractivity contribution is -0.124. The van der Waals surface area contributed by atoms with Gasteiger partial charge in [0.25, 0.3) is 0 Å². The maximum Gasteiger partial charge on any atom is 0.341 e. The normalized spacial score (nSPS) is 18.9. The molecule has 2 aliphatic heterocycles. The van der Waals surface area contributed by atoms with Crippen molar-refractivity contribution in [3.05, 3.63) is 45.7 Å². The van der Waals surface area contributed by atoms with E-state index in [1.807, 2.05) is 4.90 Å². The van der Waals surface area contributed by atoms with Gasteiger partial charge in [-0.1, -0.05) is 0 Å². The fourth-order valence-corrected chi connectivity index (χ4v) is 5.03. The number of ketones is 1. The molecule has 3 aromatic rings. The molecule has 10 heteroatoms. The number of hydrogen-bond donors (Lipinski definition) is 1. The monoisotopic (exact) mass is 468 g/mol. The van der Waals surface area contributed by atoms with E-state index >= 15 is 0 Å². The van der Waals surface area contributed by atoms with Crippen LogP contribution in [0.3, 0.4) is 0 Å². The standard InChI is InChI=1S/C23H24N4O5S/c28-18(6-4-15-3-1-2-9-32-15)14-11-26(12-14)19-7-5-16-20(29)17(22(30)31)13-27(21(16)25-19)23-24-8-10-33-23/h5,7-8,10,13-15H,1-4,6,9,11-12H2,(H,30,31). The topological polar surface area (TPSA) is 115 Å². The molecule has 1 unspecified atom stereocenters. The molecule has 2 saturated heterocycles. The summed E-state index contributed by atoms with van der Waals surface area (Å²) in [6.45, 7) is 1.96. The second kappa shape index (κ2) is 9.03. The number of anilines is 1. The summed E-state index contributed by atoms with van der Waals surface area (Å²) in [7, 11) is 0. The number of carboxylic acids is 1. The van der Waals surface area contributed by atoms with Crippen molar-refractivity contribution in [1.29, 1.82) is 0 Å². The minimum atomic E-state index is -1.29. The van der Waals surface area contributed by atoms with Gasteiger partial charge >= 0.3 is 5.97 Å². The van der Waals surface area contributed by atoms with E-state index in [1.54, 1.807) is 28.3 Å². The van der Waals surface area contributed by atoms with Crippen molar-refractivity contribution >= 4 is 39.9 Å². The Labute approximate surface area is 193 Å². The second-order valence-electron chi connectivity index (χ2n) is 8.50. The number of nitrogens with zero attached hydrogens (tertiary/aromatic N) is 4. The van der Waals surface area contributed by atoms with E-state index in [9.17, 15) is 19.5 Å². The Kier molecular flexibility index (Phi) is 5.94. The number of ether oxygens (including phenoxy) is 1. The zero-order valence-electron chi connectivity index (χ0n) is 18.0. The molecular formula is C23H24N4O5S. The van der Waals surface area contributed by atoms with Crippen LogP contribution in [-0.4, -0.2) is 57.2 Å². The Morgan fingerprint density at radius 2 is 2.09 bits per heavy atom. The van der Waals surface area contributed by atoms with Gasteiger partial charge < -0.3 is 14.7 Å². The average Bonchev–Trinajstić information content (AvgIpc) is 3.32. The number of thiazole rings is 1. The number of carbonyl (C=O) groups is 2. The number of rotatable bonds is 7. The second-order valence-corrected chi connectivity index (χ2v) is 9.37. The van der Waals surface area contributed by atoms with E-state index < -0.39 is 11.4 Å². The Balaban J connectivity index is 1.34. The predicted molar refractivity (Wildman–Crippen MR) is 124 cm³/mol. The Morgan fingerprint density at radius 1 is 1.24 bits per heavy atom. The molecule has 0 saturated carbocycles. The molecule has 2 aliphatic rings. The van der Waals surface area contributed by atoms with Crippen molar-refractivity contribution in [3.8, 4) is 5.13 Å². The molecule has 0 aromatic carbocycles. The number of carbonyl (C=O) groups excluding carboxylic acids is 1. The highest BCUT2D eigenvalue weighted by atomic mass is 32.1. The first-order valence-corrected chi connectivity index (χ1v) is 12.0. The summed E-state index contributed by atoms with van der Waals surface area (Å²) in [6.07, 6.45) is 7.73. The van der Waals surface area contributed by atoms with E-state index in [4.69, 9.17) is 4.74 Å². The molecule has 0 aliphatic carbocycles. The third-order valence-corrected chi connectivity index (χ3v) is 7.11. The third kappa shape index (κ3) is 4.28. The highest BCUT2D eigenvalue weighted by Crippen LogP contribution is 2.28. The molecule has 5 heterocycles. The lowest BCUT2D eigenvalue weighted by atomic mass is 9.91. The largest absolute Gasteiger partial charge is 0.477 e. The SMILES string of the molecule is O=C(O)c1cn(-c2nccs2)c2nc(N3CC(C(=O)CCC4CCCCO4)C3)ccc2c1=O. The summed E-state index contributed by atoms with van der Waals surface area (Å²) >= 11 is 1.32. The minimum absolute atomic E-state index is 0.0263. The zero-order chi connectivity index (χ0) is 22.9. The third-order valence-electron chi connectivity index (χ3n) is 6.34. The molecule has 1 atom stereocenters. The molecule has 1 N–H and O–H groups in total. The number of pyridine rings is 2. The van der Waals surface area contributed by atoms with Crippen LogP contribution in [0.4, 0.5) is 5.82 Å². The smallest absolute Gasteiger partial charge is 0.341 e. The van der Waals surface area contributed by atoms with Gasteiger partial charge in [-0.2, -0.15) is 0 Å². The van der Waals surface area contributed by atoms with E-state index in [0.717, 1.165) is 25.9 Å². The molecule has 2 fully saturated rings. The lowest BCUT2D eigenvalue weighted by Crippen LogP contribution is -2.51. The highest BCUT2D eigenvalue weighted by Gasteiger charge is 2.33. The van der Waals surface area contributed by atoms with Gasteiger partial charge in [0.2, 0.25) is 5.43 Å². The van der Waals surface area contributed by atoms with E-state index in [2.05, 4.69) is 9.97 Å². The minimum Gasteiger partial charge on any atom is -0.477 e. The lowest BCUT2D eigenvalue weighted by Gasteiger charge is -2.39. The summed E-state index contributed by atoms with van der Waals surface area (Å²) < 4.78 is 7.27. The number of aromatic nitrogens is 3. The summed E-state index contributed by atoms with van der Waals surface area (Å²) in [4.78, 5) is 47.8. The van der Waals surface area contributed by atoms with Crippen molar-refractivity contribution in [2.24, 2.45) is 5.92 Å². The average molecular weight is 469 g/mol. The summed E-state index contributed by atoms with van der Waals surface area (Å²) in [5.74, 6) is -0.414. The maximum atomic E-state index is 12.7. The van der Waals surface area contributed by atoms with Gasteiger partial charge in [-0.25, -0.2) is 14.8 Å². The first kappa shape index (κ1) is 21.7. The van der Waals surface area contributed by atoms with Crippen LogP contribution in [0, 0.1) is 5.92 Å². The molecule has 3 aromatic heterocycles. The summed E-state index contributed by atoms with van der Waals surface area (Å²) in [5.41, 5.74) is -0.559. The molecule has 0 amide bonds. The molecule has 172 valence electrons. The number of fused-ring (bicyclic) bond motifs is 1. The molecule has 33 heavy (non-hydrogen) atoms. The van der Waals surface area contributed by atoms with Gasteiger partial charge in [0.05, 0.1) is 17.4 Å². The van der Waals surface area contributed by atoms with Crippen LogP contribution < -0.4 is 10.3 Å². The van der Waals surface area contributed by atoms with E-state index in [1.165, 1.54) is 24.0 Å². The van der Waals surface area contributed by atoms with Gasteiger partial charge in [-0.3, -0.25) is 14.2 Å². The first-order valence-electron chi connectivity index (χ1n) is 11.1. The number of hydrogen-bond acceptors (Lipinski definition) is 8. The molecule has 0 radical (unpaired) electrons. The first-order chi connectivity index (χ1) is 16.0. The van der Waals surface area contributed by atoms with Crippen LogP contribution in [0.15, 0.2) is 34.7 Å². The maximum absolute atomic E-state index is 12.7. The van der Waals surface area contributed by atoms with Crippen LogP contribution in [0.2, 0.25) is 0 Å². The zero-order valence-corrected chi connectivity index (χ0v) is 18.8. The van der Waals surface area contributed by atoms with Gasteiger partial charge in [-0.15, -0.1) is 11.3 Å². The van der Waals surface area contributed by atoms with E-state index in [0.29, 0.717) is 36.1 Å². The molecular weight excluding hydrogens is 444 g/mol. The molecule has 0 spiro atoms. The van der Waals surface area contributed by atoms with Gasteiger partial charge in [-0.05, 0) is 37.8 Å². The molecule has 0 bridgehead atoms. The van der Waals surface area contributed by atoms with Crippen molar-refractivity contribution in [2.75, 3.05) is 24.6 Å². The van der Waals surface area contributed by atoms with Gasteiger partial charge in [0.1, 0.15) is 17.2 Å². The van der Waals surface area contributed by atoms with Crippen LogP contribution in [0.25, 0.3) is 16.2 Å². The number of Topliss-reactive ketones (excluding diaryl/α,β-unsaturated/α-hetero) is 1. The van der Waals surface area contributed by atoms with Crippen LogP contribution >= 0.6 is 11.3 Å². The Hall–Kier alpha value is -3.11. The Morgan fingerprint density at radius 3 is 2.79 bits per heavy atom. The van der Waals surface area contributed by atoms with Crippen molar-refractivity contribution < 1.29 is 19.4 Å². The van der Waals surface area contributed by atoms with Crippen molar-refractivity contribution in [3.63, 3.8) is 0 Å². The quantitative estimate of drug-likeness (QED) is 0.563. The van der Waals surface area contributed by atoms with E-state index in [-0.39, 0.29) is 28.8 Å². The highest BCUT2D eigenvalue weighted by molar-refractivity contribution is 7.12. The van der Waals surface area contributed by atoms with Gasteiger partial charge in [0.15, 0.2) is 10.8 Å². The van der Waals surface area contributed by atoms with Gasteiger partial charge in [0, 0.05) is 43.9 Å². The van der Waals surface area contributed by atoms with Crippen LogP contribution in [0.5, 0.6) is 0 Å². The fourth-order valence-electron chi connectivity index (χ4n) is 4.41. The van der Waals surface area contributed by atoms with Crippen molar-refractivity contribution in [1.82, 2.24) is 14.5 Å². The molecule has 9 nitrogen and oxygen atoms in total. The van der Waals surface area contributed by atoms with Crippen molar-refractivity contribution in [2.45, 2.75) is 38.2 Å². The predicted octanol–water partition coefficient (Wildman–Crippen LogP) is 2.90. The summed E-state index contributed by atoms with van der Waals surface area (Å²) in [6, 6.07) is 3.31. The van der Waals surface area contributed by atoms with Crippen LogP contribution in [0.1, 0.15) is 42.5 Å². The summed E-state index contributed by atoms with van der Waals surface area (Å²) in [5, 5.41) is 12.0. The number of carboxylic acid groups (broad SMARTS) is 1.